The van der Waals surface area contributed by atoms with Crippen molar-refractivity contribution in [1.29, 1.82) is 0 Å². The zero-order chi connectivity index (χ0) is 16.7. The van der Waals surface area contributed by atoms with Crippen LogP contribution in [-0.2, 0) is 14.3 Å². The van der Waals surface area contributed by atoms with Gasteiger partial charge < -0.3 is 24.8 Å². The zero-order valence-electron chi connectivity index (χ0n) is 12.8. The number of hydrogen-bond donors (Lipinski definition) is 2. The van der Waals surface area contributed by atoms with Crippen LogP contribution in [0.3, 0.4) is 0 Å². The molecule has 2 rings (SSSR count). The zero-order valence-corrected chi connectivity index (χ0v) is 13.6. The monoisotopic (exact) mass is 341 g/mol. The van der Waals surface area contributed by atoms with Crippen molar-refractivity contribution in [3.05, 3.63) is 12.1 Å². The van der Waals surface area contributed by atoms with Crippen molar-refractivity contribution in [2.24, 2.45) is 0 Å². The molecular weight excluding hydrogens is 322 g/mol. The molecular formula is C14H19N3O5S. The average Bonchev–Trinajstić information content (AvgIpc) is 2.55. The van der Waals surface area contributed by atoms with Gasteiger partial charge in [-0.3, -0.25) is 9.59 Å². The third-order valence-electron chi connectivity index (χ3n) is 3.10. The number of aromatic nitrogens is 1. The Morgan fingerprint density at radius 3 is 2.78 bits per heavy atom. The normalized spacial score (nSPS) is 14.4. The molecule has 1 fully saturated rings. The molecule has 1 aliphatic rings. The van der Waals surface area contributed by atoms with E-state index in [4.69, 9.17) is 14.6 Å². The summed E-state index contributed by atoms with van der Waals surface area (Å²) in [6.45, 7) is 2.55. The van der Waals surface area contributed by atoms with Gasteiger partial charge in [0.1, 0.15) is 0 Å². The standard InChI is InChI=1S/C14H19N3O5S/c1-21-12-3-2-10(15-11(18)8-23-9-13(19)20)14(16-12)17-4-6-22-7-5-17/h2-3H,4-9H2,1H3,(H,15,18)(H,19,20). The van der Waals surface area contributed by atoms with E-state index in [0.29, 0.717) is 43.7 Å². The van der Waals surface area contributed by atoms with Gasteiger partial charge in [-0.1, -0.05) is 0 Å². The van der Waals surface area contributed by atoms with Crippen molar-refractivity contribution in [1.82, 2.24) is 4.98 Å². The van der Waals surface area contributed by atoms with E-state index in [1.807, 2.05) is 4.90 Å². The number of thioether (sulfide) groups is 1. The fourth-order valence-electron chi connectivity index (χ4n) is 2.08. The van der Waals surface area contributed by atoms with Gasteiger partial charge in [0, 0.05) is 19.2 Å². The highest BCUT2D eigenvalue weighted by molar-refractivity contribution is 8.00. The number of rotatable bonds is 7. The van der Waals surface area contributed by atoms with Gasteiger partial charge in [0.15, 0.2) is 5.82 Å². The SMILES string of the molecule is COc1ccc(NC(=O)CSCC(=O)O)c(N2CCOCC2)n1. The molecule has 1 aliphatic heterocycles. The highest BCUT2D eigenvalue weighted by atomic mass is 32.2. The second-order valence-electron chi connectivity index (χ2n) is 4.76. The summed E-state index contributed by atoms with van der Waals surface area (Å²) in [5.41, 5.74) is 0.577. The highest BCUT2D eigenvalue weighted by Crippen LogP contribution is 2.27. The summed E-state index contributed by atoms with van der Waals surface area (Å²) in [7, 11) is 1.53. The molecule has 1 amide bonds. The van der Waals surface area contributed by atoms with E-state index in [-0.39, 0.29) is 17.4 Å². The van der Waals surface area contributed by atoms with Gasteiger partial charge >= 0.3 is 5.97 Å². The van der Waals surface area contributed by atoms with Gasteiger partial charge in [-0.05, 0) is 6.07 Å². The molecule has 0 spiro atoms. The van der Waals surface area contributed by atoms with Crippen LogP contribution in [0.2, 0.25) is 0 Å². The van der Waals surface area contributed by atoms with Crippen LogP contribution in [0.4, 0.5) is 11.5 Å². The number of carbonyl (C=O) groups excluding carboxylic acids is 1. The summed E-state index contributed by atoms with van der Waals surface area (Å²) in [5, 5.41) is 11.4. The molecule has 8 nitrogen and oxygen atoms in total. The number of ether oxygens (including phenoxy) is 2. The number of morpholine rings is 1. The molecule has 0 bridgehead atoms. The number of carbonyl (C=O) groups is 2. The number of nitrogens with zero attached hydrogens (tertiary/aromatic N) is 2. The first-order valence-electron chi connectivity index (χ1n) is 7.07. The van der Waals surface area contributed by atoms with Crippen LogP contribution < -0.4 is 15.0 Å². The summed E-state index contributed by atoms with van der Waals surface area (Å²) in [5.74, 6) is -0.152. The molecule has 9 heteroatoms. The summed E-state index contributed by atoms with van der Waals surface area (Å²) >= 11 is 1.05. The number of pyridine rings is 1. The Hall–Kier alpha value is -2.00. The number of aliphatic carboxylic acids is 1. The van der Waals surface area contributed by atoms with E-state index in [0.717, 1.165) is 11.8 Å². The molecule has 23 heavy (non-hydrogen) atoms. The Balaban J connectivity index is 2.07. The van der Waals surface area contributed by atoms with Crippen LogP contribution in [0.5, 0.6) is 5.88 Å². The Morgan fingerprint density at radius 1 is 1.39 bits per heavy atom. The van der Waals surface area contributed by atoms with Crippen LogP contribution in [0.25, 0.3) is 0 Å². The fourth-order valence-corrected chi connectivity index (χ4v) is 2.61. The number of carboxylic acid groups (broad SMARTS) is 1. The Labute approximate surface area is 138 Å². The molecule has 0 unspecified atom stereocenters. The molecule has 126 valence electrons. The van der Waals surface area contributed by atoms with Crippen LogP contribution in [0, 0.1) is 0 Å². The number of methoxy groups -OCH3 is 1. The molecule has 1 aromatic heterocycles. The van der Waals surface area contributed by atoms with Crippen molar-refractivity contribution in [2.75, 3.05) is 55.1 Å². The van der Waals surface area contributed by atoms with Crippen LogP contribution in [0.15, 0.2) is 12.1 Å². The molecule has 0 aliphatic carbocycles. The van der Waals surface area contributed by atoms with Crippen molar-refractivity contribution >= 4 is 35.1 Å². The lowest BCUT2D eigenvalue weighted by atomic mass is 10.3. The Bertz CT molecular complexity index is 563. The van der Waals surface area contributed by atoms with Crippen LogP contribution in [-0.4, -0.2) is 66.9 Å². The second kappa shape index (κ2) is 8.59. The first-order valence-corrected chi connectivity index (χ1v) is 8.22. The van der Waals surface area contributed by atoms with Gasteiger partial charge in [-0.15, -0.1) is 11.8 Å². The maximum Gasteiger partial charge on any atom is 0.313 e. The van der Waals surface area contributed by atoms with E-state index in [1.54, 1.807) is 12.1 Å². The summed E-state index contributed by atoms with van der Waals surface area (Å²) < 4.78 is 10.5. The minimum absolute atomic E-state index is 0.0703. The molecule has 0 aromatic carbocycles. The lowest BCUT2D eigenvalue weighted by molar-refractivity contribution is -0.133. The second-order valence-corrected chi connectivity index (χ2v) is 5.74. The minimum atomic E-state index is -0.942. The van der Waals surface area contributed by atoms with Gasteiger partial charge in [-0.25, -0.2) is 0 Å². The number of amides is 1. The van der Waals surface area contributed by atoms with Gasteiger partial charge in [0.05, 0.1) is 37.5 Å². The molecule has 0 saturated carbocycles. The maximum absolute atomic E-state index is 12.0. The lowest BCUT2D eigenvalue weighted by Crippen LogP contribution is -2.37. The lowest BCUT2D eigenvalue weighted by Gasteiger charge is -2.29. The van der Waals surface area contributed by atoms with Crippen molar-refractivity contribution < 1.29 is 24.2 Å². The summed E-state index contributed by atoms with van der Waals surface area (Å²) in [6.07, 6.45) is 0. The average molecular weight is 341 g/mol. The number of carboxylic acids is 1. The van der Waals surface area contributed by atoms with E-state index < -0.39 is 5.97 Å². The van der Waals surface area contributed by atoms with Crippen LogP contribution in [0.1, 0.15) is 0 Å². The number of hydrogen-bond acceptors (Lipinski definition) is 7. The first kappa shape index (κ1) is 17.4. The molecule has 1 aromatic rings. The highest BCUT2D eigenvalue weighted by Gasteiger charge is 2.18. The maximum atomic E-state index is 12.0. The predicted molar refractivity (Wildman–Crippen MR) is 87.4 cm³/mol. The van der Waals surface area contributed by atoms with E-state index in [9.17, 15) is 9.59 Å². The Morgan fingerprint density at radius 2 is 2.13 bits per heavy atom. The third-order valence-corrected chi connectivity index (χ3v) is 4.02. The molecule has 1 saturated heterocycles. The van der Waals surface area contributed by atoms with Crippen LogP contribution >= 0.6 is 11.8 Å². The molecule has 2 N–H and O–H groups in total. The van der Waals surface area contributed by atoms with Gasteiger partial charge in [-0.2, -0.15) is 4.98 Å². The number of anilines is 2. The molecule has 0 radical (unpaired) electrons. The number of nitrogens with one attached hydrogen (secondary N) is 1. The predicted octanol–water partition coefficient (Wildman–Crippen LogP) is 0.683. The van der Waals surface area contributed by atoms with Gasteiger partial charge in [0.25, 0.3) is 0 Å². The molecule has 0 atom stereocenters. The largest absolute Gasteiger partial charge is 0.481 e. The van der Waals surface area contributed by atoms with E-state index >= 15 is 0 Å². The quantitative estimate of drug-likeness (QED) is 0.747. The van der Waals surface area contributed by atoms with Crippen molar-refractivity contribution in [3.8, 4) is 5.88 Å². The van der Waals surface area contributed by atoms with Gasteiger partial charge in [0.2, 0.25) is 11.8 Å². The third kappa shape index (κ3) is 5.29. The topological polar surface area (TPSA) is 101 Å². The smallest absolute Gasteiger partial charge is 0.313 e. The van der Waals surface area contributed by atoms with Crippen molar-refractivity contribution in [2.45, 2.75) is 0 Å². The summed E-state index contributed by atoms with van der Waals surface area (Å²) in [6, 6.07) is 3.40. The van der Waals surface area contributed by atoms with E-state index in [1.165, 1.54) is 7.11 Å². The molecule has 2 heterocycles. The van der Waals surface area contributed by atoms with Crippen molar-refractivity contribution in [3.63, 3.8) is 0 Å². The minimum Gasteiger partial charge on any atom is -0.481 e. The van der Waals surface area contributed by atoms with E-state index in [2.05, 4.69) is 10.3 Å². The Kier molecular flexibility index (Phi) is 6.48. The summed E-state index contributed by atoms with van der Waals surface area (Å²) in [4.78, 5) is 28.9. The first-order chi connectivity index (χ1) is 11.1. The fraction of sp³-hybridized carbons (Fsp3) is 0.500.